The second-order valence-corrected chi connectivity index (χ2v) is 8.92. The molecule has 0 bridgehead atoms. The molecule has 2 aromatic rings. The largest absolute Gasteiger partial charge is 0.481 e. The van der Waals surface area contributed by atoms with Gasteiger partial charge in [0.1, 0.15) is 18.1 Å². The summed E-state index contributed by atoms with van der Waals surface area (Å²) in [7, 11) is 0. The third-order valence-corrected chi connectivity index (χ3v) is 5.28. The van der Waals surface area contributed by atoms with Crippen molar-refractivity contribution in [2.75, 3.05) is 0 Å². The Balaban J connectivity index is 2.17. The molecule has 4 atom stereocenters. The number of rotatable bonds is 15. The number of nitrogens with zero attached hydrogens (tertiary/aromatic N) is 2. The van der Waals surface area contributed by atoms with Crippen molar-refractivity contribution in [1.82, 2.24) is 35.9 Å². The van der Waals surface area contributed by atoms with Crippen LogP contribution in [0.1, 0.15) is 38.1 Å². The van der Waals surface area contributed by atoms with Crippen molar-refractivity contribution >= 4 is 29.7 Å². The average molecular weight is 521 g/mol. The van der Waals surface area contributed by atoms with Gasteiger partial charge in [0.15, 0.2) is 0 Å². The van der Waals surface area contributed by atoms with Crippen LogP contribution in [0, 0.1) is 5.92 Å². The molecule has 202 valence electrons. The second kappa shape index (κ2) is 13.7. The highest BCUT2D eigenvalue weighted by Gasteiger charge is 2.31. The van der Waals surface area contributed by atoms with E-state index >= 15 is 0 Å². The topological polar surface area (TPSA) is 245 Å². The van der Waals surface area contributed by atoms with Crippen LogP contribution in [-0.4, -0.2) is 84.0 Å². The fourth-order valence-electron chi connectivity index (χ4n) is 3.45. The molecule has 9 N–H and O–H groups in total. The molecular formula is C22H32N8O7. The lowest BCUT2D eigenvalue weighted by Crippen LogP contribution is -2.58. The zero-order chi connectivity index (χ0) is 27.5. The first kappa shape index (κ1) is 29.0. The lowest BCUT2D eigenvalue weighted by molar-refractivity contribution is -0.142. The Labute approximate surface area is 212 Å². The molecule has 0 radical (unpaired) electrons. The number of carbonyl (C=O) groups excluding carboxylic acids is 3. The maximum Gasteiger partial charge on any atom is 0.326 e. The molecule has 0 saturated carbocycles. The number of hydrogen-bond acceptors (Lipinski definition) is 8. The van der Waals surface area contributed by atoms with Crippen molar-refractivity contribution in [3.05, 3.63) is 36.4 Å². The number of amides is 3. The minimum atomic E-state index is -1.40. The van der Waals surface area contributed by atoms with Crippen LogP contribution in [0.25, 0.3) is 0 Å². The van der Waals surface area contributed by atoms with Crippen molar-refractivity contribution < 1.29 is 34.2 Å². The van der Waals surface area contributed by atoms with Gasteiger partial charge in [-0.15, -0.1) is 0 Å². The predicted octanol–water partition coefficient (Wildman–Crippen LogP) is -1.69. The van der Waals surface area contributed by atoms with Gasteiger partial charge in [-0.1, -0.05) is 13.8 Å². The van der Waals surface area contributed by atoms with Gasteiger partial charge >= 0.3 is 11.9 Å². The van der Waals surface area contributed by atoms with Crippen molar-refractivity contribution in [1.29, 1.82) is 0 Å². The number of aliphatic carboxylic acids is 2. The number of nitrogens with two attached hydrogens (primary N) is 1. The van der Waals surface area contributed by atoms with E-state index in [2.05, 4.69) is 35.9 Å². The molecule has 15 heteroatoms. The van der Waals surface area contributed by atoms with Crippen LogP contribution in [0.2, 0.25) is 0 Å². The Hall–Kier alpha value is -4.27. The molecule has 37 heavy (non-hydrogen) atoms. The van der Waals surface area contributed by atoms with Gasteiger partial charge in [-0.25, -0.2) is 14.8 Å². The molecule has 0 spiro atoms. The highest BCUT2D eigenvalue weighted by Crippen LogP contribution is 2.09. The lowest BCUT2D eigenvalue weighted by atomic mass is 10.0. The van der Waals surface area contributed by atoms with Crippen LogP contribution in [-0.2, 0) is 36.8 Å². The Morgan fingerprint density at radius 1 is 0.838 bits per heavy atom. The first-order valence-electron chi connectivity index (χ1n) is 11.5. The van der Waals surface area contributed by atoms with Gasteiger partial charge < -0.3 is 41.9 Å². The summed E-state index contributed by atoms with van der Waals surface area (Å²) < 4.78 is 0. The van der Waals surface area contributed by atoms with E-state index in [4.69, 9.17) is 10.8 Å². The molecule has 0 aliphatic rings. The Bertz CT molecular complexity index is 1060. The van der Waals surface area contributed by atoms with Gasteiger partial charge in [0, 0.05) is 36.6 Å². The van der Waals surface area contributed by atoms with Crippen LogP contribution < -0.4 is 21.7 Å². The maximum atomic E-state index is 13.2. The molecule has 2 heterocycles. The summed E-state index contributed by atoms with van der Waals surface area (Å²) in [5.74, 6) is -4.94. The quantitative estimate of drug-likeness (QED) is 0.132. The standard InChI is InChI=1S/C22H32N8O7/c1-11(2)3-15(20(34)30-17(22(36)37)5-13-8-25-10-27-13)29-21(35)16(4-12-7-24-9-26-12)28-19(33)14(23)6-18(31)32/h7-11,14-17H,3-6,23H2,1-2H3,(H,24,26)(H,25,27)(H,28,33)(H,29,35)(H,30,34)(H,31,32)(H,36,37). The normalized spacial score (nSPS) is 14.3. The second-order valence-electron chi connectivity index (χ2n) is 8.92. The third-order valence-electron chi connectivity index (χ3n) is 5.28. The summed E-state index contributed by atoms with van der Waals surface area (Å²) in [6.07, 6.45) is 5.07. The fourth-order valence-corrected chi connectivity index (χ4v) is 3.45. The number of nitrogens with one attached hydrogen (secondary N) is 5. The summed E-state index contributed by atoms with van der Waals surface area (Å²) >= 11 is 0. The van der Waals surface area contributed by atoms with Crippen LogP contribution in [0.15, 0.2) is 25.0 Å². The van der Waals surface area contributed by atoms with E-state index in [0.29, 0.717) is 11.4 Å². The first-order chi connectivity index (χ1) is 17.5. The van der Waals surface area contributed by atoms with E-state index in [1.807, 2.05) is 13.8 Å². The highest BCUT2D eigenvalue weighted by atomic mass is 16.4. The lowest BCUT2D eigenvalue weighted by Gasteiger charge is -2.26. The van der Waals surface area contributed by atoms with Crippen molar-refractivity contribution in [2.24, 2.45) is 11.7 Å². The van der Waals surface area contributed by atoms with Crippen LogP contribution >= 0.6 is 0 Å². The molecule has 2 aromatic heterocycles. The molecule has 4 unspecified atom stereocenters. The summed E-state index contributed by atoms with van der Waals surface area (Å²) in [5, 5.41) is 25.9. The number of aromatic nitrogens is 4. The molecule has 0 fully saturated rings. The molecule has 0 aliphatic carbocycles. The number of carboxylic acid groups (broad SMARTS) is 2. The SMILES string of the molecule is CC(C)CC(NC(=O)C(Cc1cnc[nH]1)NC(=O)C(N)CC(=O)O)C(=O)NC(Cc1cnc[nH]1)C(=O)O. The molecule has 0 aromatic carbocycles. The maximum absolute atomic E-state index is 13.2. The van der Waals surface area contributed by atoms with Crippen molar-refractivity contribution in [3.8, 4) is 0 Å². The molecular weight excluding hydrogens is 488 g/mol. The van der Waals surface area contributed by atoms with Crippen LogP contribution in [0.4, 0.5) is 0 Å². The van der Waals surface area contributed by atoms with E-state index in [1.54, 1.807) is 0 Å². The molecule has 15 nitrogen and oxygen atoms in total. The monoisotopic (exact) mass is 520 g/mol. The van der Waals surface area contributed by atoms with Gasteiger partial charge in [0.25, 0.3) is 0 Å². The van der Waals surface area contributed by atoms with Gasteiger partial charge in [0.05, 0.1) is 25.1 Å². The number of carbonyl (C=O) groups is 5. The van der Waals surface area contributed by atoms with Gasteiger partial charge in [-0.05, 0) is 12.3 Å². The number of aromatic amines is 2. The number of hydrogen-bond donors (Lipinski definition) is 8. The van der Waals surface area contributed by atoms with Crippen molar-refractivity contribution in [2.45, 2.75) is 63.7 Å². The zero-order valence-electron chi connectivity index (χ0n) is 20.4. The summed E-state index contributed by atoms with van der Waals surface area (Å²) in [5.41, 5.74) is 6.61. The predicted molar refractivity (Wildman–Crippen MR) is 128 cm³/mol. The molecule has 0 aliphatic heterocycles. The highest BCUT2D eigenvalue weighted by molar-refractivity contribution is 5.94. The van der Waals surface area contributed by atoms with Crippen LogP contribution in [0.3, 0.4) is 0 Å². The van der Waals surface area contributed by atoms with E-state index in [1.165, 1.54) is 25.0 Å². The average Bonchev–Trinajstić information content (AvgIpc) is 3.51. The van der Waals surface area contributed by atoms with Gasteiger partial charge in [-0.2, -0.15) is 0 Å². The minimum absolute atomic E-state index is 0.0506. The first-order valence-corrected chi connectivity index (χ1v) is 11.5. The Morgan fingerprint density at radius 2 is 1.32 bits per heavy atom. The van der Waals surface area contributed by atoms with Gasteiger partial charge in [0.2, 0.25) is 17.7 Å². The van der Waals surface area contributed by atoms with Crippen LogP contribution in [0.5, 0.6) is 0 Å². The summed E-state index contributed by atoms with van der Waals surface area (Å²) in [6.45, 7) is 3.64. The fraction of sp³-hybridized carbons (Fsp3) is 0.500. The number of H-pyrrole nitrogens is 2. The smallest absolute Gasteiger partial charge is 0.326 e. The van der Waals surface area contributed by atoms with Crippen molar-refractivity contribution in [3.63, 3.8) is 0 Å². The van der Waals surface area contributed by atoms with E-state index < -0.39 is 60.2 Å². The van der Waals surface area contributed by atoms with E-state index in [0.717, 1.165) is 0 Å². The zero-order valence-corrected chi connectivity index (χ0v) is 20.4. The minimum Gasteiger partial charge on any atom is -0.481 e. The van der Waals surface area contributed by atoms with Gasteiger partial charge in [-0.3, -0.25) is 19.2 Å². The molecule has 0 saturated heterocycles. The number of imidazole rings is 2. The Morgan fingerprint density at radius 3 is 1.78 bits per heavy atom. The summed E-state index contributed by atoms with van der Waals surface area (Å²) in [6, 6.07) is -5.03. The number of carboxylic acids is 2. The molecule has 3 amide bonds. The summed E-state index contributed by atoms with van der Waals surface area (Å²) in [4.78, 5) is 74.6. The van der Waals surface area contributed by atoms with E-state index in [9.17, 15) is 29.1 Å². The van der Waals surface area contributed by atoms with E-state index in [-0.39, 0.29) is 25.2 Å². The Kier molecular flexibility index (Phi) is 10.7. The third kappa shape index (κ3) is 9.71. The molecule has 2 rings (SSSR count).